The van der Waals surface area contributed by atoms with E-state index >= 15 is 0 Å². The summed E-state index contributed by atoms with van der Waals surface area (Å²) in [7, 11) is 0. The lowest BCUT2D eigenvalue weighted by atomic mass is 9.85. The van der Waals surface area contributed by atoms with Gasteiger partial charge in [0.1, 0.15) is 0 Å². The Kier molecular flexibility index (Phi) is 8.31. The minimum absolute atomic E-state index is 0.440. The third-order valence-corrected chi connectivity index (χ3v) is 6.29. The van der Waals surface area contributed by atoms with Crippen molar-refractivity contribution in [3.8, 4) is 0 Å². The average Bonchev–Trinajstić information content (AvgIpc) is 2.86. The van der Waals surface area contributed by atoms with Crippen molar-refractivity contribution >= 4 is 0 Å². The molecular weight excluding hydrogens is 396 g/mol. The Morgan fingerprint density at radius 1 is 0.719 bits per heavy atom. The highest BCUT2D eigenvalue weighted by atomic mass is 15.2. The van der Waals surface area contributed by atoms with Gasteiger partial charge in [-0.05, 0) is 62.2 Å². The standard InChI is InChI=1S/C26H34N6/c1-2-32(20-23-11-5-8-14-29-23)26-16-24(30-18-21-9-3-6-12-27-21)15-25(17-26)31-19-22-10-4-7-13-28-22/h3-14,24-26,30-31H,2,15-20H2,1H3/t24-,25+,26?. The zero-order chi connectivity index (χ0) is 22.0. The molecule has 4 rings (SSSR count). The van der Waals surface area contributed by atoms with Gasteiger partial charge in [-0.1, -0.05) is 25.1 Å². The molecule has 3 heterocycles. The monoisotopic (exact) mass is 430 g/mol. The van der Waals surface area contributed by atoms with Gasteiger partial charge in [0.05, 0.1) is 17.1 Å². The smallest absolute Gasteiger partial charge is 0.0544 e. The zero-order valence-corrected chi connectivity index (χ0v) is 18.9. The molecule has 1 aliphatic rings. The lowest BCUT2D eigenvalue weighted by Gasteiger charge is -2.41. The highest BCUT2D eigenvalue weighted by molar-refractivity contribution is 5.06. The third kappa shape index (κ3) is 6.66. The predicted octanol–water partition coefficient (Wildman–Crippen LogP) is 3.56. The van der Waals surface area contributed by atoms with E-state index in [0.29, 0.717) is 18.1 Å². The summed E-state index contributed by atoms with van der Waals surface area (Å²) in [5.41, 5.74) is 3.32. The van der Waals surface area contributed by atoms with Crippen LogP contribution in [0.1, 0.15) is 43.3 Å². The Hall–Kier alpha value is -2.67. The molecule has 0 spiro atoms. The molecule has 0 aliphatic heterocycles. The minimum Gasteiger partial charge on any atom is -0.308 e. The molecule has 2 N–H and O–H groups in total. The van der Waals surface area contributed by atoms with E-state index in [0.717, 1.165) is 62.5 Å². The minimum atomic E-state index is 0.440. The van der Waals surface area contributed by atoms with Crippen LogP contribution >= 0.6 is 0 Å². The molecule has 32 heavy (non-hydrogen) atoms. The Morgan fingerprint density at radius 3 is 1.66 bits per heavy atom. The predicted molar refractivity (Wildman–Crippen MR) is 128 cm³/mol. The van der Waals surface area contributed by atoms with Crippen LogP contribution in [-0.4, -0.2) is 44.5 Å². The van der Waals surface area contributed by atoms with Gasteiger partial charge in [-0.3, -0.25) is 19.9 Å². The number of hydrogen-bond acceptors (Lipinski definition) is 6. The van der Waals surface area contributed by atoms with Crippen LogP contribution in [-0.2, 0) is 19.6 Å². The van der Waals surface area contributed by atoms with Crippen LogP contribution in [0, 0.1) is 0 Å². The molecule has 0 radical (unpaired) electrons. The maximum atomic E-state index is 4.56. The van der Waals surface area contributed by atoms with E-state index in [1.165, 1.54) is 0 Å². The molecule has 3 aromatic rings. The fourth-order valence-corrected chi connectivity index (χ4v) is 4.62. The van der Waals surface area contributed by atoms with Crippen molar-refractivity contribution in [2.45, 2.75) is 63.9 Å². The molecule has 3 aromatic heterocycles. The van der Waals surface area contributed by atoms with E-state index in [2.05, 4.69) is 73.8 Å². The fourth-order valence-electron chi connectivity index (χ4n) is 4.62. The molecule has 3 atom stereocenters. The summed E-state index contributed by atoms with van der Waals surface area (Å²) in [5.74, 6) is 0. The van der Waals surface area contributed by atoms with Gasteiger partial charge in [0.15, 0.2) is 0 Å². The van der Waals surface area contributed by atoms with Gasteiger partial charge in [-0.15, -0.1) is 0 Å². The molecule has 1 fully saturated rings. The Balaban J connectivity index is 1.42. The lowest BCUT2D eigenvalue weighted by molar-refractivity contribution is 0.117. The van der Waals surface area contributed by atoms with E-state index in [9.17, 15) is 0 Å². The molecule has 1 aliphatic carbocycles. The fraction of sp³-hybridized carbons (Fsp3) is 0.423. The van der Waals surface area contributed by atoms with E-state index in [4.69, 9.17) is 0 Å². The van der Waals surface area contributed by atoms with E-state index < -0.39 is 0 Å². The van der Waals surface area contributed by atoms with Gasteiger partial charge in [-0.2, -0.15) is 0 Å². The molecule has 0 amide bonds. The second kappa shape index (κ2) is 11.8. The van der Waals surface area contributed by atoms with Gasteiger partial charge in [0, 0.05) is 56.4 Å². The third-order valence-electron chi connectivity index (χ3n) is 6.29. The summed E-state index contributed by atoms with van der Waals surface area (Å²) >= 11 is 0. The zero-order valence-electron chi connectivity index (χ0n) is 18.9. The van der Waals surface area contributed by atoms with Gasteiger partial charge in [0.2, 0.25) is 0 Å². The summed E-state index contributed by atoms with van der Waals surface area (Å²) < 4.78 is 0. The highest BCUT2D eigenvalue weighted by Crippen LogP contribution is 2.25. The summed E-state index contributed by atoms with van der Waals surface area (Å²) in [6, 6.07) is 19.8. The normalized spacial score (nSPS) is 21.0. The quantitative estimate of drug-likeness (QED) is 0.513. The van der Waals surface area contributed by atoms with Crippen LogP contribution in [0.4, 0.5) is 0 Å². The lowest BCUT2D eigenvalue weighted by Crippen LogP contribution is -2.51. The molecule has 0 aromatic carbocycles. The van der Waals surface area contributed by atoms with Crippen LogP contribution in [0.2, 0.25) is 0 Å². The summed E-state index contributed by atoms with van der Waals surface area (Å²) in [5, 5.41) is 7.56. The van der Waals surface area contributed by atoms with E-state index in [1.807, 2.05) is 36.8 Å². The van der Waals surface area contributed by atoms with E-state index in [-0.39, 0.29) is 0 Å². The first-order valence-corrected chi connectivity index (χ1v) is 11.7. The molecule has 0 saturated heterocycles. The number of nitrogens with one attached hydrogen (secondary N) is 2. The SMILES string of the molecule is CCN(Cc1ccccn1)C1C[C@@H](NCc2ccccn2)C[C@@H](NCc2ccccn2)C1. The maximum absolute atomic E-state index is 4.56. The first-order chi connectivity index (χ1) is 15.8. The molecule has 6 nitrogen and oxygen atoms in total. The van der Waals surface area contributed by atoms with Crippen molar-refractivity contribution in [1.29, 1.82) is 0 Å². The van der Waals surface area contributed by atoms with Crippen molar-refractivity contribution in [3.05, 3.63) is 90.3 Å². The molecule has 168 valence electrons. The molecule has 1 saturated carbocycles. The summed E-state index contributed by atoms with van der Waals surface area (Å²) in [4.78, 5) is 16.1. The van der Waals surface area contributed by atoms with Crippen LogP contribution in [0.15, 0.2) is 73.2 Å². The Morgan fingerprint density at radius 2 is 1.22 bits per heavy atom. The first kappa shape index (κ1) is 22.5. The Bertz CT molecular complexity index is 854. The average molecular weight is 431 g/mol. The topological polar surface area (TPSA) is 66.0 Å². The number of nitrogens with zero attached hydrogens (tertiary/aromatic N) is 4. The van der Waals surface area contributed by atoms with Crippen LogP contribution in [0.5, 0.6) is 0 Å². The second-order valence-electron chi connectivity index (χ2n) is 8.54. The van der Waals surface area contributed by atoms with E-state index in [1.54, 1.807) is 0 Å². The molecule has 6 heteroatoms. The molecular formula is C26H34N6. The first-order valence-electron chi connectivity index (χ1n) is 11.7. The van der Waals surface area contributed by atoms with Gasteiger partial charge < -0.3 is 10.6 Å². The van der Waals surface area contributed by atoms with Crippen LogP contribution in [0.25, 0.3) is 0 Å². The number of rotatable bonds is 10. The Labute approximate surface area is 191 Å². The number of pyridine rings is 3. The molecule has 1 unspecified atom stereocenters. The van der Waals surface area contributed by atoms with Crippen LogP contribution in [0.3, 0.4) is 0 Å². The van der Waals surface area contributed by atoms with Crippen LogP contribution < -0.4 is 10.6 Å². The van der Waals surface area contributed by atoms with Crippen molar-refractivity contribution in [2.75, 3.05) is 6.54 Å². The van der Waals surface area contributed by atoms with Crippen molar-refractivity contribution in [3.63, 3.8) is 0 Å². The number of hydrogen-bond donors (Lipinski definition) is 2. The maximum Gasteiger partial charge on any atom is 0.0544 e. The highest BCUT2D eigenvalue weighted by Gasteiger charge is 2.31. The van der Waals surface area contributed by atoms with Gasteiger partial charge in [0.25, 0.3) is 0 Å². The largest absolute Gasteiger partial charge is 0.308 e. The summed E-state index contributed by atoms with van der Waals surface area (Å²) in [6.07, 6.45) is 8.99. The van der Waals surface area contributed by atoms with Gasteiger partial charge in [-0.25, -0.2) is 0 Å². The summed E-state index contributed by atoms with van der Waals surface area (Å²) in [6.45, 7) is 5.77. The number of aromatic nitrogens is 3. The van der Waals surface area contributed by atoms with Crippen molar-refractivity contribution in [1.82, 2.24) is 30.5 Å². The van der Waals surface area contributed by atoms with Crippen molar-refractivity contribution < 1.29 is 0 Å². The van der Waals surface area contributed by atoms with Crippen molar-refractivity contribution in [2.24, 2.45) is 0 Å². The van der Waals surface area contributed by atoms with Gasteiger partial charge >= 0.3 is 0 Å². The molecule has 0 bridgehead atoms. The second-order valence-corrected chi connectivity index (χ2v) is 8.54.